The molecule has 94 valence electrons. The molecule has 2 aromatic rings. The third kappa shape index (κ3) is 5.40. The van der Waals surface area contributed by atoms with Crippen molar-refractivity contribution in [2.75, 3.05) is 0 Å². The minimum atomic E-state index is -1.46. The van der Waals surface area contributed by atoms with Crippen LogP contribution >= 0.6 is 15.9 Å². The van der Waals surface area contributed by atoms with Gasteiger partial charge in [-0.1, -0.05) is 12.1 Å². The van der Waals surface area contributed by atoms with Gasteiger partial charge in [-0.25, -0.2) is 4.98 Å². The molecule has 18 heavy (non-hydrogen) atoms. The van der Waals surface area contributed by atoms with E-state index in [1.807, 2.05) is 32.2 Å². The van der Waals surface area contributed by atoms with E-state index in [2.05, 4.69) is 25.9 Å². The van der Waals surface area contributed by atoms with Gasteiger partial charge in [0.05, 0.1) is 5.59 Å². The Morgan fingerprint density at radius 1 is 0.944 bits per heavy atom. The summed E-state index contributed by atoms with van der Waals surface area (Å²) in [4.78, 5) is 7.77. The predicted molar refractivity (Wildman–Crippen MR) is 75.5 cm³/mol. The van der Waals surface area contributed by atoms with Gasteiger partial charge < -0.3 is 10.0 Å². The van der Waals surface area contributed by atoms with Crippen molar-refractivity contribution >= 4 is 28.6 Å². The van der Waals surface area contributed by atoms with Crippen molar-refractivity contribution in [3.8, 4) is 0 Å². The average molecular weight is 309 g/mol. The first kappa shape index (κ1) is 14.8. The van der Waals surface area contributed by atoms with Gasteiger partial charge in [0.15, 0.2) is 0 Å². The van der Waals surface area contributed by atoms with Crippen LogP contribution in [0.5, 0.6) is 0 Å². The van der Waals surface area contributed by atoms with Gasteiger partial charge >= 0.3 is 7.12 Å². The Balaban J connectivity index is 0.000000184. The fourth-order valence-electron chi connectivity index (χ4n) is 1.08. The summed E-state index contributed by atoms with van der Waals surface area (Å²) in [6, 6.07) is 7.30. The van der Waals surface area contributed by atoms with Gasteiger partial charge in [-0.2, -0.15) is 0 Å². The number of halogens is 1. The molecular weight excluding hydrogens is 295 g/mol. The van der Waals surface area contributed by atoms with Crippen molar-refractivity contribution in [1.82, 2.24) is 9.97 Å². The molecule has 0 aliphatic carbocycles. The lowest BCUT2D eigenvalue weighted by molar-refractivity contribution is 0.424. The number of aromatic nitrogens is 2. The summed E-state index contributed by atoms with van der Waals surface area (Å²) in [6.07, 6.45) is 3.42. The average Bonchev–Trinajstić information content (AvgIpc) is 2.34. The number of hydrogen-bond donors (Lipinski definition) is 2. The minimum absolute atomic E-state index is 0.283. The first-order valence-corrected chi connectivity index (χ1v) is 6.15. The monoisotopic (exact) mass is 308 g/mol. The quantitative estimate of drug-likeness (QED) is 0.614. The maximum absolute atomic E-state index is 8.61. The van der Waals surface area contributed by atoms with Crippen LogP contribution in [0.2, 0.25) is 0 Å². The number of rotatable bonds is 1. The molecule has 2 N–H and O–H groups in total. The standard InChI is InChI=1S/C6H8BNO2.C6H6BrN/c1-5-2-3-6(7(9)10)8-4-5;1-5-2-3-6(7)8-4-5/h2-4,9-10H,1H3;2-4H,1H3. The first-order chi connectivity index (χ1) is 8.49. The van der Waals surface area contributed by atoms with Crippen LogP contribution in [0.3, 0.4) is 0 Å². The zero-order valence-electron chi connectivity index (χ0n) is 10.2. The normalized spacial score (nSPS) is 9.39. The molecule has 0 saturated heterocycles. The molecule has 0 aliphatic rings. The Bertz CT molecular complexity index is 453. The Morgan fingerprint density at radius 3 is 1.83 bits per heavy atom. The zero-order chi connectivity index (χ0) is 13.5. The van der Waals surface area contributed by atoms with E-state index >= 15 is 0 Å². The summed E-state index contributed by atoms with van der Waals surface area (Å²) in [5.41, 5.74) is 2.48. The van der Waals surface area contributed by atoms with Gasteiger partial charge in [0.1, 0.15) is 4.60 Å². The van der Waals surface area contributed by atoms with Gasteiger partial charge in [0, 0.05) is 12.4 Å². The highest BCUT2D eigenvalue weighted by molar-refractivity contribution is 9.10. The van der Waals surface area contributed by atoms with Crippen LogP contribution in [0, 0.1) is 13.8 Å². The molecule has 0 radical (unpaired) electrons. The molecular formula is C12H14BBrN2O2. The Hall–Kier alpha value is -1.24. The second kappa shape index (κ2) is 7.26. The number of hydrogen-bond acceptors (Lipinski definition) is 4. The number of pyridine rings is 2. The highest BCUT2D eigenvalue weighted by atomic mass is 79.9. The van der Waals surface area contributed by atoms with Crippen LogP contribution < -0.4 is 5.59 Å². The van der Waals surface area contributed by atoms with Gasteiger partial charge in [-0.3, -0.25) is 4.98 Å². The summed E-state index contributed by atoms with van der Waals surface area (Å²) in [7, 11) is -1.46. The topological polar surface area (TPSA) is 66.2 Å². The second-order valence-corrected chi connectivity index (χ2v) is 4.60. The molecule has 4 nitrogen and oxygen atoms in total. The van der Waals surface area contributed by atoms with Crippen LogP contribution in [0.25, 0.3) is 0 Å². The molecule has 6 heteroatoms. The summed E-state index contributed by atoms with van der Waals surface area (Å²) in [5, 5.41) is 17.2. The number of aryl methyl sites for hydroxylation is 2. The predicted octanol–water partition coefficient (Wildman–Crippen LogP) is 1.22. The lowest BCUT2D eigenvalue weighted by Gasteiger charge is -1.96. The van der Waals surface area contributed by atoms with Crippen molar-refractivity contribution in [3.05, 3.63) is 52.4 Å². The van der Waals surface area contributed by atoms with Crippen molar-refractivity contribution in [3.63, 3.8) is 0 Å². The fourth-order valence-corrected chi connectivity index (χ4v) is 1.32. The molecule has 0 spiro atoms. The SMILES string of the molecule is Cc1ccc(B(O)O)nc1.Cc1ccc(Br)nc1. The van der Waals surface area contributed by atoms with E-state index in [0.717, 1.165) is 10.2 Å². The molecule has 0 bridgehead atoms. The van der Waals surface area contributed by atoms with E-state index < -0.39 is 7.12 Å². The van der Waals surface area contributed by atoms with Gasteiger partial charge in [0.25, 0.3) is 0 Å². The molecule has 0 atom stereocenters. The first-order valence-electron chi connectivity index (χ1n) is 5.36. The van der Waals surface area contributed by atoms with Crippen molar-refractivity contribution in [1.29, 1.82) is 0 Å². The molecule has 2 aromatic heterocycles. The molecule has 0 amide bonds. The molecule has 0 saturated carbocycles. The van der Waals surface area contributed by atoms with Gasteiger partial charge in [-0.15, -0.1) is 0 Å². The van der Waals surface area contributed by atoms with E-state index in [-0.39, 0.29) is 5.59 Å². The van der Waals surface area contributed by atoms with Gasteiger partial charge in [-0.05, 0) is 53.0 Å². The summed E-state index contributed by atoms with van der Waals surface area (Å²) in [5.74, 6) is 0. The Labute approximate surface area is 115 Å². The van der Waals surface area contributed by atoms with Crippen LogP contribution in [0.15, 0.2) is 41.3 Å². The van der Waals surface area contributed by atoms with Crippen LogP contribution in [-0.2, 0) is 0 Å². The van der Waals surface area contributed by atoms with Crippen LogP contribution in [0.1, 0.15) is 11.1 Å². The van der Waals surface area contributed by atoms with Crippen LogP contribution in [-0.4, -0.2) is 27.1 Å². The van der Waals surface area contributed by atoms with Crippen molar-refractivity contribution in [2.45, 2.75) is 13.8 Å². The van der Waals surface area contributed by atoms with Crippen molar-refractivity contribution in [2.24, 2.45) is 0 Å². The maximum atomic E-state index is 8.61. The van der Waals surface area contributed by atoms with Gasteiger partial charge in [0.2, 0.25) is 0 Å². The molecule has 0 fully saturated rings. The highest BCUT2D eigenvalue weighted by Crippen LogP contribution is 2.04. The van der Waals surface area contributed by atoms with E-state index in [4.69, 9.17) is 10.0 Å². The maximum Gasteiger partial charge on any atom is 0.508 e. The van der Waals surface area contributed by atoms with E-state index in [0.29, 0.717) is 0 Å². The van der Waals surface area contributed by atoms with E-state index in [1.165, 1.54) is 5.56 Å². The second-order valence-electron chi connectivity index (χ2n) is 3.79. The molecule has 2 rings (SSSR count). The zero-order valence-corrected chi connectivity index (χ0v) is 11.8. The molecule has 0 aliphatic heterocycles. The highest BCUT2D eigenvalue weighted by Gasteiger charge is 2.10. The van der Waals surface area contributed by atoms with Crippen molar-refractivity contribution < 1.29 is 10.0 Å². The largest absolute Gasteiger partial charge is 0.508 e. The lowest BCUT2D eigenvalue weighted by Crippen LogP contribution is -2.32. The van der Waals surface area contributed by atoms with Crippen LogP contribution in [0.4, 0.5) is 0 Å². The summed E-state index contributed by atoms with van der Waals surface area (Å²) >= 11 is 3.23. The Kier molecular flexibility index (Phi) is 5.98. The smallest absolute Gasteiger partial charge is 0.422 e. The fraction of sp³-hybridized carbons (Fsp3) is 0.167. The number of nitrogens with zero attached hydrogens (tertiary/aromatic N) is 2. The minimum Gasteiger partial charge on any atom is -0.422 e. The third-order valence-corrected chi connectivity index (χ3v) is 2.54. The van der Waals surface area contributed by atoms with E-state index in [1.54, 1.807) is 18.3 Å². The summed E-state index contributed by atoms with van der Waals surface area (Å²) < 4.78 is 0.892. The summed E-state index contributed by atoms with van der Waals surface area (Å²) in [6.45, 7) is 3.90. The molecule has 0 unspecified atom stereocenters. The lowest BCUT2D eigenvalue weighted by atomic mass is 9.85. The third-order valence-electron chi connectivity index (χ3n) is 2.07. The van der Waals surface area contributed by atoms with E-state index in [9.17, 15) is 0 Å². The molecule has 0 aromatic carbocycles. The Morgan fingerprint density at radius 2 is 1.50 bits per heavy atom. The molecule has 2 heterocycles.